The van der Waals surface area contributed by atoms with Crippen LogP contribution in [0.25, 0.3) is 0 Å². The van der Waals surface area contributed by atoms with Crippen molar-refractivity contribution in [3.8, 4) is 0 Å². The lowest BCUT2D eigenvalue weighted by molar-refractivity contribution is 0.602. The number of hydrogen-bond donors (Lipinski definition) is 2. The van der Waals surface area contributed by atoms with Crippen LogP contribution in [-0.2, 0) is 16.4 Å². The van der Waals surface area contributed by atoms with Gasteiger partial charge < -0.3 is 11.1 Å². The van der Waals surface area contributed by atoms with Crippen molar-refractivity contribution in [2.45, 2.75) is 11.4 Å². The number of nitrogens with zero attached hydrogens (tertiary/aromatic N) is 1. The summed E-state index contributed by atoms with van der Waals surface area (Å²) in [4.78, 5) is 4.23. The average Bonchev–Trinajstić information content (AvgIpc) is 2.36. The van der Waals surface area contributed by atoms with E-state index in [-0.39, 0.29) is 0 Å². The Balaban J connectivity index is 2.05. The van der Waals surface area contributed by atoms with Gasteiger partial charge in [0, 0.05) is 30.8 Å². The van der Waals surface area contributed by atoms with Crippen molar-refractivity contribution in [1.29, 1.82) is 0 Å². The standard InChI is InChI=1S/C13H15N3O2S/c1-19(17,18)12-4-2-10(3-5-12)9-16-11-6-7-15-13(14)8-11/h2-8H,9H2,1H3,(H3,14,15,16). The van der Waals surface area contributed by atoms with Crippen LogP contribution in [0.2, 0.25) is 0 Å². The molecule has 0 aliphatic carbocycles. The number of sulfone groups is 1. The molecule has 2 aromatic rings. The smallest absolute Gasteiger partial charge is 0.175 e. The molecule has 100 valence electrons. The average molecular weight is 277 g/mol. The second-order valence-electron chi connectivity index (χ2n) is 4.24. The summed E-state index contributed by atoms with van der Waals surface area (Å²) in [5, 5.41) is 3.19. The van der Waals surface area contributed by atoms with Gasteiger partial charge in [0.15, 0.2) is 9.84 Å². The minimum atomic E-state index is -3.14. The van der Waals surface area contributed by atoms with Crippen LogP contribution >= 0.6 is 0 Å². The zero-order chi connectivity index (χ0) is 13.9. The first kappa shape index (κ1) is 13.4. The topological polar surface area (TPSA) is 85.1 Å². The second kappa shape index (κ2) is 5.27. The van der Waals surface area contributed by atoms with Crippen molar-refractivity contribution in [3.05, 3.63) is 48.2 Å². The highest BCUT2D eigenvalue weighted by molar-refractivity contribution is 7.90. The zero-order valence-corrected chi connectivity index (χ0v) is 11.3. The lowest BCUT2D eigenvalue weighted by atomic mass is 10.2. The van der Waals surface area contributed by atoms with E-state index in [0.29, 0.717) is 17.3 Å². The number of pyridine rings is 1. The van der Waals surface area contributed by atoms with Crippen LogP contribution in [-0.4, -0.2) is 19.7 Å². The lowest BCUT2D eigenvalue weighted by Gasteiger charge is -2.07. The van der Waals surface area contributed by atoms with Crippen LogP contribution in [0.15, 0.2) is 47.5 Å². The third kappa shape index (κ3) is 3.69. The molecule has 2 rings (SSSR count). The van der Waals surface area contributed by atoms with Crippen molar-refractivity contribution < 1.29 is 8.42 Å². The van der Waals surface area contributed by atoms with E-state index >= 15 is 0 Å². The fraction of sp³-hybridized carbons (Fsp3) is 0.154. The number of nitrogens with one attached hydrogen (secondary N) is 1. The number of hydrogen-bond acceptors (Lipinski definition) is 5. The van der Waals surface area contributed by atoms with Gasteiger partial charge in [-0.1, -0.05) is 12.1 Å². The van der Waals surface area contributed by atoms with Gasteiger partial charge in [0.2, 0.25) is 0 Å². The van der Waals surface area contributed by atoms with E-state index in [1.807, 2.05) is 6.07 Å². The Bertz CT molecular complexity index is 667. The number of nitrogens with two attached hydrogens (primary N) is 1. The molecule has 0 aliphatic rings. The highest BCUT2D eigenvalue weighted by atomic mass is 32.2. The Morgan fingerprint density at radius 3 is 2.47 bits per heavy atom. The van der Waals surface area contributed by atoms with Crippen LogP contribution in [0, 0.1) is 0 Å². The number of aromatic nitrogens is 1. The molecule has 19 heavy (non-hydrogen) atoms. The maximum Gasteiger partial charge on any atom is 0.175 e. The van der Waals surface area contributed by atoms with Crippen molar-refractivity contribution in [3.63, 3.8) is 0 Å². The summed E-state index contributed by atoms with van der Waals surface area (Å²) in [6.45, 7) is 0.591. The molecule has 3 N–H and O–H groups in total. The summed E-state index contributed by atoms with van der Waals surface area (Å²) < 4.78 is 22.6. The molecule has 0 saturated carbocycles. The van der Waals surface area contributed by atoms with Gasteiger partial charge >= 0.3 is 0 Å². The van der Waals surface area contributed by atoms with E-state index in [0.717, 1.165) is 11.3 Å². The Kier molecular flexibility index (Phi) is 3.71. The summed E-state index contributed by atoms with van der Waals surface area (Å²) in [5.41, 5.74) is 7.44. The van der Waals surface area contributed by atoms with Crippen molar-refractivity contribution in [2.75, 3.05) is 17.3 Å². The predicted molar refractivity (Wildman–Crippen MR) is 75.5 cm³/mol. The van der Waals surface area contributed by atoms with Gasteiger partial charge in [0.1, 0.15) is 5.82 Å². The van der Waals surface area contributed by atoms with E-state index in [1.165, 1.54) is 6.26 Å². The van der Waals surface area contributed by atoms with Gasteiger partial charge in [-0.2, -0.15) is 0 Å². The summed E-state index contributed by atoms with van der Waals surface area (Å²) in [7, 11) is -3.14. The van der Waals surface area contributed by atoms with Gasteiger partial charge in [-0.05, 0) is 23.8 Å². The molecule has 0 atom stereocenters. The summed E-state index contributed by atoms with van der Waals surface area (Å²) in [5.74, 6) is 0.456. The molecule has 1 aromatic heterocycles. The quantitative estimate of drug-likeness (QED) is 0.888. The summed E-state index contributed by atoms with van der Waals surface area (Å²) in [6.07, 6.45) is 2.82. The molecule has 0 aliphatic heterocycles. The maximum absolute atomic E-state index is 11.3. The minimum Gasteiger partial charge on any atom is -0.384 e. The van der Waals surface area contributed by atoms with Gasteiger partial charge in [-0.25, -0.2) is 13.4 Å². The van der Waals surface area contributed by atoms with Crippen LogP contribution in [0.1, 0.15) is 5.56 Å². The molecule has 0 spiro atoms. The van der Waals surface area contributed by atoms with Crippen molar-refractivity contribution in [2.24, 2.45) is 0 Å². The molecular formula is C13H15N3O2S. The van der Waals surface area contributed by atoms with E-state index in [1.54, 1.807) is 36.5 Å². The predicted octanol–water partition coefficient (Wildman–Crippen LogP) is 1.68. The molecule has 5 nitrogen and oxygen atoms in total. The largest absolute Gasteiger partial charge is 0.384 e. The van der Waals surface area contributed by atoms with E-state index in [9.17, 15) is 8.42 Å². The molecule has 0 fully saturated rings. The van der Waals surface area contributed by atoms with Gasteiger partial charge in [0.05, 0.1) is 4.90 Å². The van der Waals surface area contributed by atoms with Gasteiger partial charge in [0.25, 0.3) is 0 Å². The number of anilines is 2. The SMILES string of the molecule is CS(=O)(=O)c1ccc(CNc2ccnc(N)c2)cc1. The molecule has 0 bridgehead atoms. The lowest BCUT2D eigenvalue weighted by Crippen LogP contribution is -2.02. The van der Waals surface area contributed by atoms with Crippen LogP contribution in [0.3, 0.4) is 0 Å². The molecule has 6 heteroatoms. The number of nitrogen functional groups attached to an aromatic ring is 1. The molecule has 1 aromatic carbocycles. The maximum atomic E-state index is 11.3. The van der Waals surface area contributed by atoms with E-state index in [2.05, 4.69) is 10.3 Å². The molecular weight excluding hydrogens is 262 g/mol. The van der Waals surface area contributed by atoms with Gasteiger partial charge in [-0.3, -0.25) is 0 Å². The Labute approximate surface area is 112 Å². The first-order chi connectivity index (χ1) is 8.95. The van der Waals surface area contributed by atoms with Crippen LogP contribution in [0.5, 0.6) is 0 Å². The highest BCUT2D eigenvalue weighted by Crippen LogP contribution is 2.13. The van der Waals surface area contributed by atoms with Crippen molar-refractivity contribution >= 4 is 21.3 Å². The third-order valence-electron chi connectivity index (χ3n) is 2.63. The number of benzene rings is 1. The minimum absolute atomic E-state index is 0.324. The van der Waals surface area contributed by atoms with Gasteiger partial charge in [-0.15, -0.1) is 0 Å². The normalized spacial score (nSPS) is 11.2. The molecule has 1 heterocycles. The molecule has 0 amide bonds. The summed E-state index contributed by atoms with van der Waals surface area (Å²) in [6, 6.07) is 10.3. The van der Waals surface area contributed by atoms with Crippen LogP contribution < -0.4 is 11.1 Å². The van der Waals surface area contributed by atoms with E-state index < -0.39 is 9.84 Å². The Hall–Kier alpha value is -2.08. The Morgan fingerprint density at radius 1 is 1.21 bits per heavy atom. The second-order valence-corrected chi connectivity index (χ2v) is 6.25. The summed E-state index contributed by atoms with van der Waals surface area (Å²) >= 11 is 0. The van der Waals surface area contributed by atoms with E-state index in [4.69, 9.17) is 5.73 Å². The molecule has 0 saturated heterocycles. The molecule has 0 radical (unpaired) electrons. The van der Waals surface area contributed by atoms with Crippen LogP contribution in [0.4, 0.5) is 11.5 Å². The zero-order valence-electron chi connectivity index (χ0n) is 10.5. The first-order valence-electron chi connectivity index (χ1n) is 5.69. The number of rotatable bonds is 4. The highest BCUT2D eigenvalue weighted by Gasteiger charge is 2.05. The Morgan fingerprint density at radius 2 is 1.89 bits per heavy atom. The fourth-order valence-corrected chi connectivity index (χ4v) is 2.25. The fourth-order valence-electron chi connectivity index (χ4n) is 1.62. The monoisotopic (exact) mass is 277 g/mol. The molecule has 0 unspecified atom stereocenters. The first-order valence-corrected chi connectivity index (χ1v) is 7.59. The third-order valence-corrected chi connectivity index (χ3v) is 3.76. The van der Waals surface area contributed by atoms with Crippen molar-refractivity contribution in [1.82, 2.24) is 4.98 Å².